The molecule has 21 heavy (non-hydrogen) atoms. The van der Waals surface area contributed by atoms with E-state index in [-0.39, 0.29) is 30.7 Å². The molecule has 0 radical (unpaired) electrons. The summed E-state index contributed by atoms with van der Waals surface area (Å²) in [6.07, 6.45) is 8.18. The molecule has 1 N–H and O–H groups in total. The largest absolute Gasteiger partial charge is 0.395 e. The van der Waals surface area contributed by atoms with E-state index in [1.807, 2.05) is 0 Å². The normalized spacial score (nSPS) is 34.5. The second kappa shape index (κ2) is 7.07. The lowest BCUT2D eigenvalue weighted by Gasteiger charge is -2.45. The van der Waals surface area contributed by atoms with E-state index in [4.69, 9.17) is 4.74 Å². The topological polar surface area (TPSA) is 53.0 Å². The highest BCUT2D eigenvalue weighted by atomic mass is 16.5. The van der Waals surface area contributed by atoms with Crippen LogP contribution in [0.1, 0.15) is 44.9 Å². The molecule has 3 unspecified atom stereocenters. The number of morpholine rings is 1. The molecule has 3 rings (SSSR count). The van der Waals surface area contributed by atoms with Crippen LogP contribution in [0.4, 0.5) is 0 Å². The number of amides is 1. The van der Waals surface area contributed by atoms with Crippen LogP contribution in [0.15, 0.2) is 0 Å². The zero-order valence-corrected chi connectivity index (χ0v) is 12.9. The van der Waals surface area contributed by atoms with Crippen LogP contribution in [-0.4, -0.2) is 71.8 Å². The van der Waals surface area contributed by atoms with E-state index in [2.05, 4.69) is 9.80 Å². The number of fused-ring (bicyclic) bond motifs is 1. The maximum absolute atomic E-state index is 12.7. The lowest BCUT2D eigenvalue weighted by atomic mass is 9.90. The van der Waals surface area contributed by atoms with Crippen LogP contribution in [0, 0.1) is 0 Å². The van der Waals surface area contributed by atoms with Crippen LogP contribution in [0.3, 0.4) is 0 Å². The molecule has 1 saturated carbocycles. The minimum Gasteiger partial charge on any atom is -0.395 e. The molecule has 3 atom stereocenters. The molecule has 2 saturated heterocycles. The molecule has 0 bridgehead atoms. The van der Waals surface area contributed by atoms with Crippen LogP contribution in [0.2, 0.25) is 0 Å². The van der Waals surface area contributed by atoms with Gasteiger partial charge in [-0.3, -0.25) is 9.69 Å². The quantitative estimate of drug-likeness (QED) is 0.844. The van der Waals surface area contributed by atoms with Gasteiger partial charge in [-0.25, -0.2) is 0 Å². The lowest BCUT2D eigenvalue weighted by Crippen LogP contribution is -2.57. The minimum atomic E-state index is 0.169. The van der Waals surface area contributed by atoms with Crippen molar-refractivity contribution in [2.75, 3.05) is 32.8 Å². The Bertz CT molecular complexity index is 361. The summed E-state index contributed by atoms with van der Waals surface area (Å²) < 4.78 is 5.85. The lowest BCUT2D eigenvalue weighted by molar-refractivity contribution is -0.151. The van der Waals surface area contributed by atoms with Crippen molar-refractivity contribution in [3.05, 3.63) is 0 Å². The first kappa shape index (κ1) is 15.3. The Hall–Kier alpha value is -0.650. The third-order valence-electron chi connectivity index (χ3n) is 5.35. The van der Waals surface area contributed by atoms with Crippen LogP contribution in [0.5, 0.6) is 0 Å². The van der Waals surface area contributed by atoms with Crippen molar-refractivity contribution in [2.24, 2.45) is 0 Å². The first-order valence-electron chi connectivity index (χ1n) is 8.55. The summed E-state index contributed by atoms with van der Waals surface area (Å²) in [5.41, 5.74) is 0. The fourth-order valence-electron chi connectivity index (χ4n) is 4.15. The van der Waals surface area contributed by atoms with Gasteiger partial charge in [-0.1, -0.05) is 19.3 Å². The standard InChI is InChI=1S/C16H28N2O3/c19-12-13-5-3-4-8-17(13)11-16(20)18-9-10-21-15-7-2-1-6-14(15)18/h13-15,19H,1-12H2. The van der Waals surface area contributed by atoms with Gasteiger partial charge in [-0.05, 0) is 32.2 Å². The Kier molecular flexibility index (Phi) is 5.14. The molecular formula is C16H28N2O3. The third-order valence-corrected chi connectivity index (χ3v) is 5.35. The van der Waals surface area contributed by atoms with Crippen molar-refractivity contribution >= 4 is 5.91 Å². The highest BCUT2D eigenvalue weighted by molar-refractivity contribution is 5.79. The first-order valence-corrected chi connectivity index (χ1v) is 8.55. The van der Waals surface area contributed by atoms with Gasteiger partial charge in [0.15, 0.2) is 0 Å². The van der Waals surface area contributed by atoms with Crippen molar-refractivity contribution in [3.63, 3.8) is 0 Å². The van der Waals surface area contributed by atoms with Gasteiger partial charge in [-0.15, -0.1) is 0 Å². The Morgan fingerprint density at radius 3 is 2.76 bits per heavy atom. The van der Waals surface area contributed by atoms with Gasteiger partial charge in [-0.2, -0.15) is 0 Å². The number of rotatable bonds is 3. The average Bonchev–Trinajstić information content (AvgIpc) is 2.54. The van der Waals surface area contributed by atoms with E-state index in [9.17, 15) is 9.90 Å². The smallest absolute Gasteiger partial charge is 0.237 e. The van der Waals surface area contributed by atoms with E-state index in [0.29, 0.717) is 13.2 Å². The average molecular weight is 296 g/mol. The molecule has 5 nitrogen and oxygen atoms in total. The molecule has 3 fully saturated rings. The number of carbonyl (C=O) groups excluding carboxylic acids is 1. The Labute approximate surface area is 127 Å². The molecule has 1 aliphatic carbocycles. The predicted octanol–water partition coefficient (Wildman–Crippen LogP) is 1.00. The predicted molar refractivity (Wildman–Crippen MR) is 80.0 cm³/mol. The Balaban J connectivity index is 1.60. The maximum atomic E-state index is 12.7. The van der Waals surface area contributed by atoms with Crippen molar-refractivity contribution < 1.29 is 14.6 Å². The van der Waals surface area contributed by atoms with E-state index >= 15 is 0 Å². The van der Waals surface area contributed by atoms with E-state index in [1.54, 1.807) is 0 Å². The highest BCUT2D eigenvalue weighted by Gasteiger charge is 2.37. The van der Waals surface area contributed by atoms with Gasteiger partial charge in [0, 0.05) is 12.6 Å². The zero-order chi connectivity index (χ0) is 14.7. The number of aliphatic hydroxyl groups excluding tert-OH is 1. The second-order valence-electron chi connectivity index (χ2n) is 6.65. The molecule has 0 aromatic carbocycles. The number of aliphatic hydroxyl groups is 1. The van der Waals surface area contributed by atoms with E-state index < -0.39 is 0 Å². The number of piperidine rings is 1. The van der Waals surface area contributed by atoms with Crippen molar-refractivity contribution in [1.29, 1.82) is 0 Å². The first-order chi connectivity index (χ1) is 10.3. The number of likely N-dealkylation sites (tertiary alicyclic amines) is 1. The number of hydrogen-bond donors (Lipinski definition) is 1. The molecular weight excluding hydrogens is 268 g/mol. The number of hydrogen-bond acceptors (Lipinski definition) is 4. The van der Waals surface area contributed by atoms with Crippen LogP contribution >= 0.6 is 0 Å². The van der Waals surface area contributed by atoms with Crippen LogP contribution in [0.25, 0.3) is 0 Å². The zero-order valence-electron chi connectivity index (χ0n) is 12.9. The molecule has 5 heteroatoms. The molecule has 0 aromatic heterocycles. The molecule has 3 aliphatic rings. The molecule has 120 valence electrons. The van der Waals surface area contributed by atoms with Gasteiger partial charge >= 0.3 is 0 Å². The number of ether oxygens (including phenoxy) is 1. The van der Waals surface area contributed by atoms with E-state index in [1.165, 1.54) is 12.8 Å². The maximum Gasteiger partial charge on any atom is 0.237 e. The molecule has 2 heterocycles. The summed E-state index contributed by atoms with van der Waals surface area (Å²) in [5.74, 6) is 0.232. The van der Waals surface area contributed by atoms with Crippen LogP contribution < -0.4 is 0 Å². The molecule has 0 spiro atoms. The summed E-state index contributed by atoms with van der Waals surface area (Å²) in [5, 5.41) is 9.49. The summed E-state index contributed by atoms with van der Waals surface area (Å²) in [6.45, 7) is 2.99. The van der Waals surface area contributed by atoms with Gasteiger partial charge in [0.25, 0.3) is 0 Å². The molecule has 1 amide bonds. The monoisotopic (exact) mass is 296 g/mol. The van der Waals surface area contributed by atoms with Gasteiger partial charge < -0.3 is 14.7 Å². The number of carbonyl (C=O) groups is 1. The fourth-order valence-corrected chi connectivity index (χ4v) is 4.15. The van der Waals surface area contributed by atoms with Crippen molar-refractivity contribution in [3.8, 4) is 0 Å². The summed E-state index contributed by atoms with van der Waals surface area (Å²) >= 11 is 0. The van der Waals surface area contributed by atoms with Gasteiger partial charge in [0.2, 0.25) is 5.91 Å². The molecule has 2 aliphatic heterocycles. The Morgan fingerprint density at radius 1 is 1.10 bits per heavy atom. The Morgan fingerprint density at radius 2 is 1.90 bits per heavy atom. The van der Waals surface area contributed by atoms with Gasteiger partial charge in [0.05, 0.1) is 31.9 Å². The molecule has 0 aromatic rings. The van der Waals surface area contributed by atoms with Crippen molar-refractivity contribution in [1.82, 2.24) is 9.80 Å². The number of nitrogens with zero attached hydrogens (tertiary/aromatic N) is 2. The second-order valence-corrected chi connectivity index (χ2v) is 6.65. The summed E-state index contributed by atoms with van der Waals surface area (Å²) in [6, 6.07) is 0.461. The fraction of sp³-hybridized carbons (Fsp3) is 0.938. The van der Waals surface area contributed by atoms with Crippen LogP contribution in [-0.2, 0) is 9.53 Å². The summed E-state index contributed by atoms with van der Waals surface area (Å²) in [4.78, 5) is 17.0. The SMILES string of the molecule is O=C(CN1CCCCC1CO)N1CCOC2CCCCC21. The third kappa shape index (κ3) is 3.41. The highest BCUT2D eigenvalue weighted by Crippen LogP contribution is 2.28. The summed E-state index contributed by atoms with van der Waals surface area (Å²) in [7, 11) is 0. The van der Waals surface area contributed by atoms with Gasteiger partial charge in [0.1, 0.15) is 0 Å². The minimum absolute atomic E-state index is 0.169. The van der Waals surface area contributed by atoms with E-state index in [0.717, 1.165) is 45.2 Å². The van der Waals surface area contributed by atoms with Crippen molar-refractivity contribution in [2.45, 2.75) is 63.1 Å².